The van der Waals surface area contributed by atoms with Crippen LogP contribution in [0.3, 0.4) is 0 Å². The summed E-state index contributed by atoms with van der Waals surface area (Å²) in [4.78, 5) is 3.45. The highest BCUT2D eigenvalue weighted by molar-refractivity contribution is 7.84. The second kappa shape index (κ2) is 14.5. The Labute approximate surface area is 324 Å². The molecular formula is C48H56N3SSi+. The monoisotopic (exact) mass is 734 g/mol. The van der Waals surface area contributed by atoms with Crippen LogP contribution in [0.15, 0.2) is 131 Å². The fraction of sp³-hybridized carbons (Fsp3) is 0.312. The smallest absolute Gasteiger partial charge is 0.213 e. The normalized spacial score (nSPS) is 16.7. The number of aromatic nitrogens is 1. The first-order valence-corrected chi connectivity index (χ1v) is 23.2. The Hall–Kier alpha value is -4.32. The van der Waals surface area contributed by atoms with Crippen LogP contribution in [0.1, 0.15) is 81.5 Å². The van der Waals surface area contributed by atoms with E-state index in [-0.39, 0.29) is 12.0 Å². The van der Waals surface area contributed by atoms with Crippen molar-refractivity contribution in [2.24, 2.45) is 0 Å². The van der Waals surface area contributed by atoms with Crippen molar-refractivity contribution in [3.05, 3.63) is 148 Å². The number of para-hydroxylation sites is 3. The summed E-state index contributed by atoms with van der Waals surface area (Å²) in [7, 11) is 0.671. The Kier molecular flexibility index (Phi) is 10.1. The SMILES string of the molecule is C=C(/C=C(\C)S)CC1=C(CN(C)c2ccccc2Nc2c(C(C)C)cccc2C(C)C)C2C1c1ccc3ccccc3c1-c1ccc([Si](C)(C)C)c[n+]12. The number of thiol groups is 1. The molecule has 0 bridgehead atoms. The topological polar surface area (TPSA) is 19.1 Å². The van der Waals surface area contributed by atoms with Gasteiger partial charge in [-0.3, -0.25) is 0 Å². The number of rotatable bonds is 11. The van der Waals surface area contributed by atoms with Crippen LogP contribution >= 0.6 is 12.6 Å². The average molecular weight is 735 g/mol. The summed E-state index contributed by atoms with van der Waals surface area (Å²) in [5, 5.41) is 8.07. The van der Waals surface area contributed by atoms with Crippen LogP contribution in [0.2, 0.25) is 19.6 Å². The van der Waals surface area contributed by atoms with Gasteiger partial charge in [0.15, 0.2) is 12.2 Å². The van der Waals surface area contributed by atoms with Crippen LogP contribution in [0, 0.1) is 0 Å². The Morgan fingerprint density at radius 2 is 1.55 bits per heavy atom. The Morgan fingerprint density at radius 1 is 0.868 bits per heavy atom. The van der Waals surface area contributed by atoms with Gasteiger partial charge in [0.2, 0.25) is 5.69 Å². The van der Waals surface area contributed by atoms with E-state index in [1.54, 1.807) is 0 Å². The Balaban J connectivity index is 1.37. The fourth-order valence-corrected chi connectivity index (χ4v) is 9.99. The number of fused-ring (bicyclic) bond motifs is 8. The molecule has 2 atom stereocenters. The second-order valence-corrected chi connectivity index (χ2v) is 22.7. The Bertz CT molecular complexity index is 2260. The van der Waals surface area contributed by atoms with Crippen molar-refractivity contribution in [2.45, 2.75) is 84.5 Å². The molecule has 4 aromatic carbocycles. The van der Waals surface area contributed by atoms with Gasteiger partial charge in [0.25, 0.3) is 0 Å². The first-order valence-electron chi connectivity index (χ1n) is 19.3. The lowest BCUT2D eigenvalue weighted by molar-refractivity contribution is -0.711. The molecule has 3 nitrogen and oxygen atoms in total. The number of hydrogen-bond acceptors (Lipinski definition) is 3. The average Bonchev–Trinajstić information content (AvgIpc) is 3.11. The Morgan fingerprint density at radius 3 is 2.23 bits per heavy atom. The predicted molar refractivity (Wildman–Crippen MR) is 235 cm³/mol. The molecule has 0 fully saturated rings. The molecule has 0 amide bonds. The number of nitrogens with zero attached hydrogens (tertiary/aromatic N) is 2. The largest absolute Gasteiger partial charge is 0.369 e. The number of allylic oxidation sites excluding steroid dienone is 4. The molecule has 0 spiro atoms. The number of pyridine rings is 1. The van der Waals surface area contributed by atoms with Crippen molar-refractivity contribution in [3.8, 4) is 11.3 Å². The number of nitrogens with one attached hydrogen (secondary N) is 1. The minimum absolute atomic E-state index is 0.232. The highest BCUT2D eigenvalue weighted by Crippen LogP contribution is 2.56. The summed E-state index contributed by atoms with van der Waals surface area (Å²) in [6.07, 6.45) is 5.48. The van der Waals surface area contributed by atoms with Gasteiger partial charge < -0.3 is 10.2 Å². The third kappa shape index (κ3) is 6.95. The van der Waals surface area contributed by atoms with E-state index in [4.69, 9.17) is 0 Å². The molecule has 1 aliphatic heterocycles. The standard InChI is InChI=1S/C48H55N3SSi/c1-30(2)36-18-15-19-37(31(3)4)47(36)49-42-20-13-14-21-43(42)50(7)29-41-40(27-32(5)26-33(6)52)46-39-24-22-34-16-11-12-17-38(34)45(39)44-25-23-35(53(8,9)10)28-51(44)48(41)46/h11-26,28,30-31,46,48-49H,5,27,29H2,1-4,6-10H3/p+1/b33-26+. The molecule has 1 N–H and O–H groups in total. The summed E-state index contributed by atoms with van der Waals surface area (Å²) in [5.74, 6) is 1.10. The van der Waals surface area contributed by atoms with E-state index in [1.807, 2.05) is 6.92 Å². The maximum atomic E-state index is 4.65. The van der Waals surface area contributed by atoms with Crippen molar-refractivity contribution < 1.29 is 4.57 Å². The summed E-state index contributed by atoms with van der Waals surface area (Å²) < 4.78 is 2.65. The molecule has 53 heavy (non-hydrogen) atoms. The summed E-state index contributed by atoms with van der Waals surface area (Å²) in [6.45, 7) is 23.9. The van der Waals surface area contributed by atoms with E-state index in [0.29, 0.717) is 11.8 Å². The molecule has 2 unspecified atom stereocenters. The molecule has 5 aromatic rings. The quantitative estimate of drug-likeness (QED) is 0.0463. The molecule has 0 saturated heterocycles. The summed E-state index contributed by atoms with van der Waals surface area (Å²) >= 11 is 4.65. The zero-order chi connectivity index (χ0) is 37.8. The van der Waals surface area contributed by atoms with E-state index in [2.05, 4.69) is 192 Å². The molecule has 5 heteroatoms. The minimum atomic E-state index is -1.59. The third-order valence-corrected chi connectivity index (χ3v) is 13.5. The first-order chi connectivity index (χ1) is 25.2. The van der Waals surface area contributed by atoms with Crippen LogP contribution in [0.25, 0.3) is 22.0 Å². The van der Waals surface area contributed by atoms with Gasteiger partial charge in [0.1, 0.15) is 0 Å². The summed E-state index contributed by atoms with van der Waals surface area (Å²) in [6, 6.07) is 34.3. The summed E-state index contributed by atoms with van der Waals surface area (Å²) in [5.41, 5.74) is 14.5. The molecular weight excluding hydrogens is 679 g/mol. The number of benzene rings is 4. The predicted octanol–water partition coefficient (Wildman–Crippen LogP) is 12.2. The number of hydrogen-bond donors (Lipinski definition) is 2. The number of likely N-dealkylation sites (N-methyl/N-ethyl adjacent to an activating group) is 1. The van der Waals surface area contributed by atoms with Gasteiger partial charge >= 0.3 is 0 Å². The molecule has 272 valence electrons. The third-order valence-electron chi connectivity index (χ3n) is 11.3. The lowest BCUT2D eigenvalue weighted by Gasteiger charge is -2.44. The van der Waals surface area contributed by atoms with E-state index in [1.165, 1.54) is 66.4 Å². The molecule has 1 aromatic heterocycles. The van der Waals surface area contributed by atoms with Crippen LogP contribution in [-0.2, 0) is 0 Å². The highest BCUT2D eigenvalue weighted by Gasteiger charge is 2.53. The number of anilines is 3. The van der Waals surface area contributed by atoms with Gasteiger partial charge in [0.05, 0.1) is 30.9 Å². The molecule has 2 aliphatic rings. The van der Waals surface area contributed by atoms with Gasteiger partial charge in [-0.25, -0.2) is 0 Å². The van der Waals surface area contributed by atoms with Crippen LogP contribution < -0.4 is 20.0 Å². The lowest BCUT2D eigenvalue weighted by Crippen LogP contribution is -2.57. The maximum Gasteiger partial charge on any atom is 0.213 e. The van der Waals surface area contributed by atoms with E-state index in [9.17, 15) is 0 Å². The molecule has 0 saturated carbocycles. The molecule has 0 radical (unpaired) electrons. The van der Waals surface area contributed by atoms with Crippen molar-refractivity contribution in [3.63, 3.8) is 0 Å². The zero-order valence-electron chi connectivity index (χ0n) is 33.1. The van der Waals surface area contributed by atoms with E-state index >= 15 is 0 Å². The highest BCUT2D eigenvalue weighted by atomic mass is 32.1. The van der Waals surface area contributed by atoms with Crippen molar-refractivity contribution in [1.29, 1.82) is 0 Å². The zero-order valence-corrected chi connectivity index (χ0v) is 35.0. The van der Waals surface area contributed by atoms with Crippen LogP contribution in [-0.4, -0.2) is 21.7 Å². The van der Waals surface area contributed by atoms with E-state index < -0.39 is 8.07 Å². The van der Waals surface area contributed by atoms with Gasteiger partial charge in [-0.2, -0.15) is 4.57 Å². The van der Waals surface area contributed by atoms with Gasteiger partial charge in [0, 0.05) is 36.1 Å². The molecule has 7 rings (SSSR count). The molecule has 2 heterocycles. The van der Waals surface area contributed by atoms with Gasteiger partial charge in [-0.05, 0) is 75.3 Å². The van der Waals surface area contributed by atoms with Crippen LogP contribution in [0.4, 0.5) is 17.1 Å². The van der Waals surface area contributed by atoms with Crippen molar-refractivity contribution >= 4 is 53.7 Å². The van der Waals surface area contributed by atoms with E-state index in [0.717, 1.165) is 29.1 Å². The lowest BCUT2D eigenvalue weighted by atomic mass is 9.63. The van der Waals surface area contributed by atoms with Crippen molar-refractivity contribution in [1.82, 2.24) is 0 Å². The van der Waals surface area contributed by atoms with Crippen LogP contribution in [0.5, 0.6) is 0 Å². The molecule has 1 aliphatic carbocycles. The minimum Gasteiger partial charge on any atom is -0.369 e. The maximum absolute atomic E-state index is 4.65. The first kappa shape index (κ1) is 37.0. The van der Waals surface area contributed by atoms with Crippen molar-refractivity contribution in [2.75, 3.05) is 23.8 Å². The second-order valence-electron chi connectivity index (χ2n) is 16.9. The van der Waals surface area contributed by atoms with Gasteiger partial charge in [-0.1, -0.05) is 138 Å². The fourth-order valence-electron chi connectivity index (χ4n) is 8.70. The van der Waals surface area contributed by atoms with Gasteiger partial charge in [-0.15, -0.1) is 12.6 Å².